The summed E-state index contributed by atoms with van der Waals surface area (Å²) in [5, 5.41) is 31.9. The predicted octanol–water partition coefficient (Wildman–Crippen LogP) is 0.441. The van der Waals surface area contributed by atoms with Gasteiger partial charge in [0.15, 0.2) is 0 Å². The fourth-order valence-corrected chi connectivity index (χ4v) is 6.46. The van der Waals surface area contributed by atoms with Crippen LogP contribution in [0, 0.1) is 5.92 Å². The second-order valence-corrected chi connectivity index (χ2v) is 15.6. The van der Waals surface area contributed by atoms with Crippen LogP contribution in [-0.4, -0.2) is 112 Å². The van der Waals surface area contributed by atoms with E-state index in [2.05, 4.69) is 26.6 Å². The molecule has 0 bridgehead atoms. The highest BCUT2D eigenvalue weighted by atomic mass is 32.2. The van der Waals surface area contributed by atoms with E-state index in [1.54, 1.807) is 48.7 Å². The van der Waals surface area contributed by atoms with E-state index in [1.165, 1.54) is 35.7 Å². The van der Waals surface area contributed by atoms with Crippen LogP contribution in [0.3, 0.4) is 0 Å². The summed E-state index contributed by atoms with van der Waals surface area (Å²) in [7, 11) is 0. The van der Waals surface area contributed by atoms with E-state index in [4.69, 9.17) is 16.6 Å². The molecule has 0 saturated heterocycles. The Kier molecular flexibility index (Phi) is 20.8. The van der Waals surface area contributed by atoms with Crippen molar-refractivity contribution in [3.05, 3.63) is 65.7 Å². The topological polar surface area (TPSA) is 272 Å². The van der Waals surface area contributed by atoms with E-state index >= 15 is 0 Å². The quantitative estimate of drug-likeness (QED) is 0.0661. The Morgan fingerprint density at radius 1 is 0.625 bits per heavy atom. The van der Waals surface area contributed by atoms with E-state index < -0.39 is 84.1 Å². The van der Waals surface area contributed by atoms with Gasteiger partial charge in [0, 0.05) is 6.42 Å². The van der Waals surface area contributed by atoms with Crippen molar-refractivity contribution in [2.24, 2.45) is 17.4 Å². The Labute approximate surface area is 335 Å². The van der Waals surface area contributed by atoms with Gasteiger partial charge in [-0.15, -0.1) is 0 Å². The first-order valence-electron chi connectivity index (χ1n) is 18.1. The third-order valence-corrected chi connectivity index (χ3v) is 9.80. The molecule has 0 fully saturated rings. The number of benzene rings is 2. The number of nitrogens with two attached hydrogens (primary N) is 2. The van der Waals surface area contributed by atoms with Gasteiger partial charge >= 0.3 is 5.97 Å². The third-order valence-electron chi connectivity index (χ3n) is 8.51. The van der Waals surface area contributed by atoms with Gasteiger partial charge in [-0.1, -0.05) is 56.3 Å². The molecule has 308 valence electrons. The highest BCUT2D eigenvalue weighted by molar-refractivity contribution is 7.98. The Hall–Kier alpha value is -4.81. The average molecular weight is 818 g/mol. The van der Waals surface area contributed by atoms with Crippen LogP contribution in [0.5, 0.6) is 5.75 Å². The number of carbonyl (C=O) groups excluding carboxylic acids is 6. The van der Waals surface area contributed by atoms with Crippen molar-refractivity contribution in [1.82, 2.24) is 26.6 Å². The molecule has 6 amide bonds. The smallest absolute Gasteiger partial charge is 0.305 e. The number of rotatable bonds is 25. The second-order valence-electron chi connectivity index (χ2n) is 13.7. The van der Waals surface area contributed by atoms with Crippen LogP contribution < -0.4 is 38.1 Å². The minimum Gasteiger partial charge on any atom is -0.508 e. The average Bonchev–Trinajstić information content (AvgIpc) is 3.14. The summed E-state index contributed by atoms with van der Waals surface area (Å²) in [5.41, 5.74) is 12.9. The molecule has 0 unspecified atom stereocenters. The molecule has 0 spiro atoms. The zero-order valence-corrected chi connectivity index (χ0v) is 33.8. The molecule has 2 aromatic carbocycles. The lowest BCUT2D eigenvalue weighted by Crippen LogP contribution is -2.60. The molecular formula is C38H55N7O9S2. The van der Waals surface area contributed by atoms with Crippen LogP contribution in [0.25, 0.3) is 0 Å². The number of primary amides is 1. The normalized spacial score (nSPS) is 14.2. The Morgan fingerprint density at radius 3 is 1.57 bits per heavy atom. The van der Waals surface area contributed by atoms with E-state index in [9.17, 15) is 38.7 Å². The fraction of sp³-hybridized carbons (Fsp3) is 0.500. The molecule has 0 aromatic heterocycles. The van der Waals surface area contributed by atoms with Crippen molar-refractivity contribution in [2.45, 2.75) is 88.6 Å². The van der Waals surface area contributed by atoms with Gasteiger partial charge in [-0.25, -0.2) is 0 Å². The second kappa shape index (κ2) is 24.7. The molecule has 0 radical (unpaired) electrons. The Morgan fingerprint density at radius 2 is 1.07 bits per heavy atom. The van der Waals surface area contributed by atoms with Gasteiger partial charge in [-0.3, -0.25) is 33.6 Å². The number of hydrogen-bond acceptors (Lipinski definition) is 11. The van der Waals surface area contributed by atoms with Crippen LogP contribution >= 0.6 is 23.5 Å². The number of nitrogens with one attached hydrogen (secondary N) is 5. The van der Waals surface area contributed by atoms with Crippen molar-refractivity contribution >= 4 is 64.9 Å². The molecular weight excluding hydrogens is 763 g/mol. The number of carbonyl (C=O) groups is 7. The summed E-state index contributed by atoms with van der Waals surface area (Å²) in [5.74, 6) is -4.98. The minimum atomic E-state index is -1.51. The molecule has 0 aliphatic heterocycles. The van der Waals surface area contributed by atoms with E-state index in [-0.39, 0.29) is 43.8 Å². The van der Waals surface area contributed by atoms with E-state index in [1.807, 2.05) is 20.1 Å². The number of aliphatic carboxylic acids is 1. The number of hydrogen-bond donors (Lipinski definition) is 9. The van der Waals surface area contributed by atoms with Crippen molar-refractivity contribution < 1.29 is 43.8 Å². The molecule has 18 heteroatoms. The van der Waals surface area contributed by atoms with Gasteiger partial charge in [0.25, 0.3) is 0 Å². The number of phenolic OH excluding ortho intramolecular Hbond substituents is 1. The zero-order chi connectivity index (χ0) is 41.8. The van der Waals surface area contributed by atoms with Gasteiger partial charge in [-0.2, -0.15) is 23.5 Å². The van der Waals surface area contributed by atoms with Crippen molar-refractivity contribution in [2.75, 3.05) is 24.0 Å². The molecule has 2 rings (SSSR count). The maximum atomic E-state index is 14.1. The number of phenols is 1. The van der Waals surface area contributed by atoms with Crippen LogP contribution in [0.4, 0.5) is 0 Å². The van der Waals surface area contributed by atoms with Gasteiger partial charge < -0.3 is 48.3 Å². The number of carboxylic acid groups (broad SMARTS) is 1. The van der Waals surface area contributed by atoms with Gasteiger partial charge in [0.1, 0.15) is 36.0 Å². The summed E-state index contributed by atoms with van der Waals surface area (Å²) in [6, 6.07) is 8.00. The van der Waals surface area contributed by atoms with Crippen LogP contribution in [0.1, 0.15) is 50.7 Å². The van der Waals surface area contributed by atoms with Gasteiger partial charge in [0.05, 0.1) is 12.5 Å². The number of aromatic hydroxyl groups is 1. The predicted molar refractivity (Wildman–Crippen MR) is 216 cm³/mol. The molecule has 11 N–H and O–H groups in total. The maximum absolute atomic E-state index is 14.1. The molecule has 2 aromatic rings. The van der Waals surface area contributed by atoms with E-state index in [0.717, 1.165) is 0 Å². The summed E-state index contributed by atoms with van der Waals surface area (Å²) in [6.45, 7) is 3.67. The molecule has 0 saturated carbocycles. The van der Waals surface area contributed by atoms with Gasteiger partial charge in [-0.05, 0) is 78.9 Å². The molecule has 0 aliphatic carbocycles. The SMILES string of the molecule is CSCC[C@@H](NC(=O)[C@H](CC(C)C)NC(=O)[C@H](Cc1ccccc1)NC(=O)[C@@H](CCSC)NC(=O)[C@@H](N)Cc1ccc(O)cc1)C(=O)N[C@@H](CC(=O)O)C(N)=O. The molecule has 0 aliphatic rings. The van der Waals surface area contributed by atoms with E-state index in [0.29, 0.717) is 22.6 Å². The molecule has 16 nitrogen and oxygen atoms in total. The van der Waals surface area contributed by atoms with Gasteiger partial charge in [0.2, 0.25) is 35.4 Å². The first-order valence-corrected chi connectivity index (χ1v) is 20.9. The first kappa shape index (κ1) is 47.3. The third kappa shape index (κ3) is 17.3. The summed E-state index contributed by atoms with van der Waals surface area (Å²) in [4.78, 5) is 91.2. The Bertz CT molecular complexity index is 1620. The van der Waals surface area contributed by atoms with Crippen LogP contribution in [0.15, 0.2) is 54.6 Å². The van der Waals surface area contributed by atoms with Crippen LogP contribution in [0.2, 0.25) is 0 Å². The molecule has 6 atom stereocenters. The van der Waals surface area contributed by atoms with Crippen LogP contribution in [-0.2, 0) is 46.4 Å². The number of carboxylic acids is 1. The minimum absolute atomic E-state index is 0.0365. The monoisotopic (exact) mass is 817 g/mol. The lowest BCUT2D eigenvalue weighted by Gasteiger charge is -2.28. The van der Waals surface area contributed by atoms with Crippen molar-refractivity contribution in [1.29, 1.82) is 0 Å². The highest BCUT2D eigenvalue weighted by Gasteiger charge is 2.33. The number of amides is 6. The first-order chi connectivity index (χ1) is 26.5. The number of thioether (sulfide) groups is 2. The summed E-state index contributed by atoms with van der Waals surface area (Å²) in [6.07, 6.45) is 3.57. The highest BCUT2D eigenvalue weighted by Crippen LogP contribution is 2.13. The fourth-order valence-electron chi connectivity index (χ4n) is 5.52. The molecule has 0 heterocycles. The largest absolute Gasteiger partial charge is 0.508 e. The maximum Gasteiger partial charge on any atom is 0.305 e. The van der Waals surface area contributed by atoms with Crippen molar-refractivity contribution in [3.8, 4) is 5.75 Å². The van der Waals surface area contributed by atoms with Crippen molar-refractivity contribution in [3.63, 3.8) is 0 Å². The Balaban J connectivity index is 2.33. The molecule has 56 heavy (non-hydrogen) atoms. The summed E-state index contributed by atoms with van der Waals surface area (Å²) >= 11 is 2.85. The lowest BCUT2D eigenvalue weighted by atomic mass is 10.00. The summed E-state index contributed by atoms with van der Waals surface area (Å²) < 4.78 is 0. The lowest BCUT2D eigenvalue weighted by molar-refractivity contribution is -0.140. The standard InChI is InChI=1S/C38H55N7O9S2/c1-22(2)18-30(37(53)42-28(15-17-56-4)35(51)43-29(33(40)49)21-32(47)48)44-38(54)31(20-23-8-6-5-7-9-23)45-36(52)27(14-16-55-3)41-34(50)26(39)19-24-10-12-25(46)13-11-24/h5-13,22,26-31,46H,14-21,39H2,1-4H3,(H2,40,49)(H,41,50)(H,42,53)(H,43,51)(H,44,54)(H,45,52)(H,47,48)/t26-,27+,28+,29-,30-,31-/m0/s1. The zero-order valence-electron chi connectivity index (χ0n) is 32.1.